The first-order chi connectivity index (χ1) is 10.0. The van der Waals surface area contributed by atoms with Crippen LogP contribution in [0.2, 0.25) is 0 Å². The number of benzene rings is 1. The molecular weight excluding hydrogens is 288 g/mol. The van der Waals surface area contributed by atoms with Crippen LogP contribution in [0.1, 0.15) is 31.2 Å². The second-order valence-electron chi connectivity index (χ2n) is 5.36. The van der Waals surface area contributed by atoms with Crippen molar-refractivity contribution >= 4 is 15.7 Å². The van der Waals surface area contributed by atoms with Crippen LogP contribution in [0.3, 0.4) is 0 Å². The number of carbonyl (C=O) groups excluding carboxylic acids is 1. The van der Waals surface area contributed by atoms with Crippen LogP contribution in [-0.4, -0.2) is 38.1 Å². The van der Waals surface area contributed by atoms with Gasteiger partial charge in [0, 0.05) is 26.1 Å². The van der Waals surface area contributed by atoms with E-state index in [1.54, 1.807) is 29.2 Å². The molecule has 21 heavy (non-hydrogen) atoms. The van der Waals surface area contributed by atoms with E-state index in [0.29, 0.717) is 19.5 Å². The molecule has 0 bridgehead atoms. The second-order valence-corrected chi connectivity index (χ2v) is 7.47. The van der Waals surface area contributed by atoms with E-state index in [-0.39, 0.29) is 23.1 Å². The highest BCUT2D eigenvalue weighted by molar-refractivity contribution is 7.91. The number of nitrogens with zero attached hydrogens (tertiary/aromatic N) is 1. The summed E-state index contributed by atoms with van der Waals surface area (Å²) >= 11 is 0. The van der Waals surface area contributed by atoms with E-state index in [1.165, 1.54) is 0 Å². The minimum Gasteiger partial charge on any atom is -0.342 e. The molecule has 1 aliphatic rings. The molecular formula is C15H22N2O3S. The Hall–Kier alpha value is -1.40. The van der Waals surface area contributed by atoms with E-state index in [0.717, 1.165) is 24.8 Å². The number of nitrogens with two attached hydrogens (primary N) is 1. The van der Waals surface area contributed by atoms with Gasteiger partial charge in [-0.2, -0.15) is 0 Å². The average molecular weight is 310 g/mol. The topological polar surface area (TPSA) is 80.5 Å². The van der Waals surface area contributed by atoms with Crippen molar-refractivity contribution in [2.24, 2.45) is 5.73 Å². The van der Waals surface area contributed by atoms with Crippen LogP contribution in [0.25, 0.3) is 0 Å². The van der Waals surface area contributed by atoms with E-state index >= 15 is 0 Å². The van der Waals surface area contributed by atoms with Crippen LogP contribution < -0.4 is 5.73 Å². The molecule has 6 heteroatoms. The van der Waals surface area contributed by atoms with Gasteiger partial charge in [0.25, 0.3) is 0 Å². The summed E-state index contributed by atoms with van der Waals surface area (Å²) < 4.78 is 24.7. The monoisotopic (exact) mass is 310 g/mol. The van der Waals surface area contributed by atoms with Crippen molar-refractivity contribution < 1.29 is 13.2 Å². The molecule has 0 radical (unpaired) electrons. The Morgan fingerprint density at radius 3 is 2.76 bits per heavy atom. The summed E-state index contributed by atoms with van der Waals surface area (Å²) in [5.41, 5.74) is 6.33. The Morgan fingerprint density at radius 2 is 2.00 bits per heavy atom. The lowest BCUT2D eigenvalue weighted by Gasteiger charge is -2.20. The number of rotatable bonds is 5. The molecule has 0 atom stereocenters. The van der Waals surface area contributed by atoms with Crippen molar-refractivity contribution in [1.29, 1.82) is 0 Å². The number of hydrogen-bond donors (Lipinski definition) is 1. The van der Waals surface area contributed by atoms with Gasteiger partial charge in [0.2, 0.25) is 5.91 Å². The van der Waals surface area contributed by atoms with E-state index in [2.05, 4.69) is 0 Å². The smallest absolute Gasteiger partial charge is 0.222 e. The van der Waals surface area contributed by atoms with Crippen LogP contribution in [-0.2, 0) is 21.2 Å². The molecule has 1 amide bonds. The minimum atomic E-state index is -3.38. The molecule has 0 aromatic heterocycles. The van der Waals surface area contributed by atoms with Gasteiger partial charge >= 0.3 is 0 Å². The van der Waals surface area contributed by atoms with Crippen molar-refractivity contribution in [2.45, 2.75) is 37.1 Å². The standard InChI is InChI=1S/C15H22N2O3S/c16-12-13-5-4-6-14(11-13)21(19,20)10-9-17-8-3-1-2-7-15(17)18/h4-6,11H,1-3,7-10,12,16H2. The molecule has 0 spiro atoms. The fourth-order valence-electron chi connectivity index (χ4n) is 2.49. The lowest BCUT2D eigenvalue weighted by atomic mass is 10.2. The molecule has 2 N–H and O–H groups in total. The first-order valence-corrected chi connectivity index (χ1v) is 8.98. The highest BCUT2D eigenvalue weighted by Gasteiger charge is 2.21. The van der Waals surface area contributed by atoms with Gasteiger partial charge in [-0.3, -0.25) is 4.79 Å². The first-order valence-electron chi connectivity index (χ1n) is 7.32. The van der Waals surface area contributed by atoms with Crippen LogP contribution in [0.15, 0.2) is 29.2 Å². The zero-order chi connectivity index (χ0) is 15.3. The van der Waals surface area contributed by atoms with Gasteiger partial charge in [-0.25, -0.2) is 8.42 Å². The fourth-order valence-corrected chi connectivity index (χ4v) is 3.80. The van der Waals surface area contributed by atoms with Crippen molar-refractivity contribution in [1.82, 2.24) is 4.90 Å². The molecule has 0 saturated carbocycles. The van der Waals surface area contributed by atoms with Gasteiger partial charge in [-0.1, -0.05) is 18.6 Å². The van der Waals surface area contributed by atoms with E-state index in [1.807, 2.05) is 0 Å². The number of hydrogen-bond acceptors (Lipinski definition) is 4. The molecule has 1 aliphatic heterocycles. The summed E-state index contributed by atoms with van der Waals surface area (Å²) in [6.07, 6.45) is 3.42. The molecule has 116 valence electrons. The number of carbonyl (C=O) groups is 1. The predicted octanol–water partition coefficient (Wildman–Crippen LogP) is 1.32. The second kappa shape index (κ2) is 7.04. The summed E-state index contributed by atoms with van der Waals surface area (Å²) in [4.78, 5) is 13.8. The van der Waals surface area contributed by atoms with Crippen molar-refractivity contribution in [2.75, 3.05) is 18.8 Å². The Kier molecular flexibility index (Phi) is 5.36. The Bertz CT molecular complexity index is 599. The molecule has 1 saturated heterocycles. The van der Waals surface area contributed by atoms with Crippen LogP contribution in [0, 0.1) is 0 Å². The van der Waals surface area contributed by atoms with Crippen LogP contribution in [0.4, 0.5) is 0 Å². The molecule has 1 aromatic rings. The fraction of sp³-hybridized carbons (Fsp3) is 0.533. The van der Waals surface area contributed by atoms with Gasteiger partial charge in [-0.15, -0.1) is 0 Å². The van der Waals surface area contributed by atoms with Crippen molar-refractivity contribution in [3.8, 4) is 0 Å². The molecule has 1 aromatic carbocycles. The van der Waals surface area contributed by atoms with Gasteiger partial charge < -0.3 is 10.6 Å². The third kappa shape index (κ3) is 4.28. The van der Waals surface area contributed by atoms with Gasteiger partial charge in [-0.05, 0) is 30.5 Å². The summed E-state index contributed by atoms with van der Waals surface area (Å²) in [6, 6.07) is 6.70. The lowest BCUT2D eigenvalue weighted by molar-refractivity contribution is -0.130. The maximum absolute atomic E-state index is 12.4. The summed E-state index contributed by atoms with van der Waals surface area (Å²) in [5, 5.41) is 0. The summed E-state index contributed by atoms with van der Waals surface area (Å²) in [7, 11) is -3.38. The van der Waals surface area contributed by atoms with E-state index in [9.17, 15) is 13.2 Å². The molecule has 0 unspecified atom stereocenters. The Morgan fingerprint density at radius 1 is 1.19 bits per heavy atom. The maximum Gasteiger partial charge on any atom is 0.222 e. The molecule has 1 fully saturated rings. The third-order valence-electron chi connectivity index (χ3n) is 3.79. The molecule has 1 heterocycles. The van der Waals surface area contributed by atoms with E-state index in [4.69, 9.17) is 5.73 Å². The Labute approximate surface area is 126 Å². The molecule has 0 aliphatic carbocycles. The number of likely N-dealkylation sites (tertiary alicyclic amines) is 1. The van der Waals surface area contributed by atoms with Gasteiger partial charge in [0.15, 0.2) is 9.84 Å². The quantitative estimate of drug-likeness (QED) is 0.889. The largest absolute Gasteiger partial charge is 0.342 e. The first kappa shape index (κ1) is 16.0. The minimum absolute atomic E-state index is 0.0350. The van der Waals surface area contributed by atoms with Gasteiger partial charge in [0.1, 0.15) is 0 Å². The maximum atomic E-state index is 12.4. The van der Waals surface area contributed by atoms with Crippen LogP contribution in [0.5, 0.6) is 0 Å². The predicted molar refractivity (Wildman–Crippen MR) is 81.4 cm³/mol. The Balaban J connectivity index is 2.04. The van der Waals surface area contributed by atoms with Crippen molar-refractivity contribution in [3.63, 3.8) is 0 Å². The van der Waals surface area contributed by atoms with E-state index < -0.39 is 9.84 Å². The summed E-state index contributed by atoms with van der Waals surface area (Å²) in [6.45, 7) is 1.25. The SMILES string of the molecule is NCc1cccc(S(=O)(=O)CCN2CCCCCC2=O)c1. The molecule has 5 nitrogen and oxygen atoms in total. The lowest BCUT2D eigenvalue weighted by Crippen LogP contribution is -2.34. The number of amides is 1. The molecule has 2 rings (SSSR count). The van der Waals surface area contributed by atoms with Crippen LogP contribution >= 0.6 is 0 Å². The summed E-state index contributed by atoms with van der Waals surface area (Å²) in [5.74, 6) is 0.0330. The third-order valence-corrected chi connectivity index (χ3v) is 5.49. The van der Waals surface area contributed by atoms with Crippen molar-refractivity contribution in [3.05, 3.63) is 29.8 Å². The highest BCUT2D eigenvalue weighted by atomic mass is 32.2. The number of sulfone groups is 1. The zero-order valence-electron chi connectivity index (χ0n) is 12.1. The normalized spacial score (nSPS) is 16.8. The highest BCUT2D eigenvalue weighted by Crippen LogP contribution is 2.15. The van der Waals surface area contributed by atoms with Gasteiger partial charge in [0.05, 0.1) is 10.6 Å². The average Bonchev–Trinajstić information content (AvgIpc) is 2.70. The zero-order valence-corrected chi connectivity index (χ0v) is 12.9.